The fourth-order valence-corrected chi connectivity index (χ4v) is 1.28. The average molecular weight is 212 g/mol. The summed E-state index contributed by atoms with van der Waals surface area (Å²) >= 11 is 0. The molecule has 4 nitrogen and oxygen atoms in total. The molecule has 0 aliphatic carbocycles. The Morgan fingerprint density at radius 3 is 2.81 bits per heavy atom. The molecule has 0 aliphatic heterocycles. The Morgan fingerprint density at radius 2 is 2.12 bits per heavy atom. The number of anilines is 1. The number of amides is 1. The van der Waals surface area contributed by atoms with Crippen LogP contribution in [0, 0.1) is 11.3 Å². The van der Waals surface area contributed by atoms with Crippen molar-refractivity contribution in [2.45, 2.75) is 0 Å². The normalized spacial score (nSPS) is 9.44. The van der Waals surface area contributed by atoms with Gasteiger partial charge < -0.3 is 9.73 Å². The van der Waals surface area contributed by atoms with Gasteiger partial charge in [-0.1, -0.05) is 12.1 Å². The lowest BCUT2D eigenvalue weighted by molar-refractivity contribution is 0.102. The highest BCUT2D eigenvalue weighted by Gasteiger charge is 2.09. The maximum Gasteiger partial charge on any atom is 0.258 e. The van der Waals surface area contributed by atoms with Crippen molar-refractivity contribution in [1.29, 1.82) is 5.26 Å². The number of nitriles is 1. The van der Waals surface area contributed by atoms with E-state index < -0.39 is 0 Å². The Bertz CT molecular complexity index is 538. The molecule has 1 aromatic carbocycles. The van der Waals surface area contributed by atoms with Gasteiger partial charge in [0.2, 0.25) is 0 Å². The molecule has 1 heterocycles. The van der Waals surface area contributed by atoms with Gasteiger partial charge in [0.05, 0.1) is 23.1 Å². The molecule has 2 aromatic rings. The number of carbonyl (C=O) groups excluding carboxylic acids is 1. The van der Waals surface area contributed by atoms with Gasteiger partial charge in [-0.25, -0.2) is 0 Å². The number of rotatable bonds is 2. The Morgan fingerprint density at radius 1 is 1.31 bits per heavy atom. The minimum Gasteiger partial charge on any atom is -0.472 e. The summed E-state index contributed by atoms with van der Waals surface area (Å²) in [5, 5.41) is 11.5. The van der Waals surface area contributed by atoms with Crippen LogP contribution in [0.1, 0.15) is 15.9 Å². The van der Waals surface area contributed by atoms with E-state index in [-0.39, 0.29) is 5.91 Å². The van der Waals surface area contributed by atoms with E-state index >= 15 is 0 Å². The molecular formula is C12H8N2O2. The third-order valence-corrected chi connectivity index (χ3v) is 2.08. The Hall–Kier alpha value is -2.54. The second kappa shape index (κ2) is 4.32. The van der Waals surface area contributed by atoms with Crippen LogP contribution in [0.3, 0.4) is 0 Å². The standard InChI is InChI=1S/C12H8N2O2/c13-7-9-3-1-2-4-11(9)14-12(15)10-5-6-16-8-10/h1-6,8H,(H,14,15). The maximum atomic E-state index is 11.7. The van der Waals surface area contributed by atoms with Gasteiger partial charge in [0.1, 0.15) is 12.3 Å². The number of hydrogen-bond donors (Lipinski definition) is 1. The van der Waals surface area contributed by atoms with Crippen molar-refractivity contribution in [3.8, 4) is 6.07 Å². The highest BCUT2D eigenvalue weighted by atomic mass is 16.3. The third-order valence-electron chi connectivity index (χ3n) is 2.08. The molecule has 78 valence electrons. The molecule has 0 spiro atoms. The maximum absolute atomic E-state index is 11.7. The lowest BCUT2D eigenvalue weighted by Crippen LogP contribution is -2.11. The van der Waals surface area contributed by atoms with Crippen LogP contribution in [-0.2, 0) is 0 Å². The van der Waals surface area contributed by atoms with E-state index in [1.165, 1.54) is 12.5 Å². The zero-order valence-electron chi connectivity index (χ0n) is 8.31. The van der Waals surface area contributed by atoms with Crippen LogP contribution in [0.25, 0.3) is 0 Å². The number of para-hydroxylation sites is 1. The van der Waals surface area contributed by atoms with Crippen LogP contribution in [0.15, 0.2) is 47.3 Å². The van der Waals surface area contributed by atoms with Gasteiger partial charge in [-0.05, 0) is 18.2 Å². The number of nitrogens with one attached hydrogen (secondary N) is 1. The average Bonchev–Trinajstić information content (AvgIpc) is 2.83. The van der Waals surface area contributed by atoms with E-state index in [2.05, 4.69) is 5.32 Å². The van der Waals surface area contributed by atoms with Gasteiger partial charge in [0, 0.05) is 0 Å². The first-order valence-electron chi connectivity index (χ1n) is 4.64. The van der Waals surface area contributed by atoms with Crippen LogP contribution >= 0.6 is 0 Å². The van der Waals surface area contributed by atoms with Gasteiger partial charge in [0.25, 0.3) is 5.91 Å². The van der Waals surface area contributed by atoms with E-state index in [0.29, 0.717) is 16.8 Å². The van der Waals surface area contributed by atoms with E-state index in [9.17, 15) is 4.79 Å². The fraction of sp³-hybridized carbons (Fsp3) is 0. The summed E-state index contributed by atoms with van der Waals surface area (Å²) in [5.74, 6) is -0.295. The molecule has 1 aromatic heterocycles. The first-order valence-corrected chi connectivity index (χ1v) is 4.64. The fourth-order valence-electron chi connectivity index (χ4n) is 1.28. The van der Waals surface area contributed by atoms with Crippen molar-refractivity contribution in [2.24, 2.45) is 0 Å². The van der Waals surface area contributed by atoms with Gasteiger partial charge in [-0.2, -0.15) is 5.26 Å². The molecule has 0 radical (unpaired) electrons. The zero-order chi connectivity index (χ0) is 11.4. The smallest absolute Gasteiger partial charge is 0.258 e. The van der Waals surface area contributed by atoms with E-state index in [0.717, 1.165) is 0 Å². The minimum atomic E-state index is -0.295. The first kappa shape index (κ1) is 9.99. The molecule has 0 atom stereocenters. The summed E-state index contributed by atoms with van der Waals surface area (Å²) in [7, 11) is 0. The van der Waals surface area contributed by atoms with Crippen molar-refractivity contribution in [2.75, 3.05) is 5.32 Å². The Balaban J connectivity index is 2.22. The molecule has 2 rings (SSSR count). The zero-order valence-corrected chi connectivity index (χ0v) is 8.31. The van der Waals surface area contributed by atoms with E-state index in [4.69, 9.17) is 9.68 Å². The van der Waals surface area contributed by atoms with E-state index in [1.54, 1.807) is 30.3 Å². The summed E-state index contributed by atoms with van der Waals surface area (Å²) < 4.78 is 4.80. The Kier molecular flexibility index (Phi) is 2.70. The van der Waals surface area contributed by atoms with Crippen molar-refractivity contribution in [3.05, 3.63) is 54.0 Å². The van der Waals surface area contributed by atoms with Crippen LogP contribution in [0.5, 0.6) is 0 Å². The highest BCUT2D eigenvalue weighted by Crippen LogP contribution is 2.14. The van der Waals surface area contributed by atoms with Crippen molar-refractivity contribution in [1.82, 2.24) is 0 Å². The summed E-state index contributed by atoms with van der Waals surface area (Å²) in [6, 6.07) is 10.4. The van der Waals surface area contributed by atoms with Crippen LogP contribution in [0.4, 0.5) is 5.69 Å². The molecule has 0 unspecified atom stereocenters. The molecule has 0 saturated heterocycles. The summed E-state index contributed by atoms with van der Waals surface area (Å²) in [6.45, 7) is 0. The summed E-state index contributed by atoms with van der Waals surface area (Å²) in [4.78, 5) is 11.7. The number of furan rings is 1. The van der Waals surface area contributed by atoms with Gasteiger partial charge in [0.15, 0.2) is 0 Å². The van der Waals surface area contributed by atoms with Crippen LogP contribution in [-0.4, -0.2) is 5.91 Å². The summed E-state index contributed by atoms with van der Waals surface area (Å²) in [5.41, 5.74) is 1.35. The summed E-state index contributed by atoms with van der Waals surface area (Å²) in [6.07, 6.45) is 2.77. The van der Waals surface area contributed by atoms with Crippen LogP contribution < -0.4 is 5.32 Å². The molecule has 0 aliphatic rings. The molecule has 0 saturated carbocycles. The second-order valence-electron chi connectivity index (χ2n) is 3.12. The van der Waals surface area contributed by atoms with Crippen LogP contribution in [0.2, 0.25) is 0 Å². The largest absolute Gasteiger partial charge is 0.472 e. The second-order valence-corrected chi connectivity index (χ2v) is 3.12. The highest BCUT2D eigenvalue weighted by molar-refractivity contribution is 6.04. The molecule has 1 amide bonds. The molecule has 1 N–H and O–H groups in total. The number of hydrogen-bond acceptors (Lipinski definition) is 3. The number of carbonyl (C=O) groups is 1. The molecule has 16 heavy (non-hydrogen) atoms. The lowest BCUT2D eigenvalue weighted by Gasteiger charge is -2.04. The molecule has 0 bridgehead atoms. The van der Waals surface area contributed by atoms with Gasteiger partial charge in [-0.3, -0.25) is 4.79 Å². The quantitative estimate of drug-likeness (QED) is 0.831. The Labute approximate surface area is 92.1 Å². The predicted octanol–water partition coefficient (Wildman–Crippen LogP) is 2.40. The third kappa shape index (κ3) is 1.93. The van der Waals surface area contributed by atoms with Crippen molar-refractivity contribution >= 4 is 11.6 Å². The first-order chi connectivity index (χ1) is 7.81. The van der Waals surface area contributed by atoms with Gasteiger partial charge in [-0.15, -0.1) is 0 Å². The number of benzene rings is 1. The SMILES string of the molecule is N#Cc1ccccc1NC(=O)c1ccoc1. The number of nitrogens with zero attached hydrogens (tertiary/aromatic N) is 1. The van der Waals surface area contributed by atoms with E-state index in [1.807, 2.05) is 6.07 Å². The van der Waals surface area contributed by atoms with Crippen molar-refractivity contribution in [3.63, 3.8) is 0 Å². The molecule has 4 heteroatoms. The topological polar surface area (TPSA) is 66.0 Å². The minimum absolute atomic E-state index is 0.295. The monoisotopic (exact) mass is 212 g/mol. The lowest BCUT2D eigenvalue weighted by atomic mass is 10.2. The molecule has 0 fully saturated rings. The van der Waals surface area contributed by atoms with Gasteiger partial charge >= 0.3 is 0 Å². The predicted molar refractivity (Wildman–Crippen MR) is 57.8 cm³/mol. The molecular weight excluding hydrogens is 204 g/mol. The van der Waals surface area contributed by atoms with Crippen molar-refractivity contribution < 1.29 is 9.21 Å².